The molecule has 94 valence electrons. The highest BCUT2D eigenvalue weighted by Crippen LogP contribution is 2.00. The van der Waals surface area contributed by atoms with E-state index in [0.29, 0.717) is 0 Å². The fourth-order valence-electron chi connectivity index (χ4n) is 1.80. The van der Waals surface area contributed by atoms with E-state index in [1.807, 2.05) is 18.2 Å². The lowest BCUT2D eigenvalue weighted by molar-refractivity contribution is -0.694. The third-order valence-electron chi connectivity index (χ3n) is 2.85. The van der Waals surface area contributed by atoms with E-state index < -0.39 is 0 Å². The van der Waals surface area contributed by atoms with Crippen LogP contribution in [0.5, 0.6) is 0 Å². The summed E-state index contributed by atoms with van der Waals surface area (Å²) in [5.41, 5.74) is 1.23. The van der Waals surface area contributed by atoms with Crippen molar-refractivity contribution in [1.82, 2.24) is 0 Å². The number of ether oxygens (including phenoxy) is 1. The standard InChI is InChI=1S/C14H21NO2/c1-3-4-10-13(14(16)17-2)15-11-12-8-6-5-7-9-12/h5-9,13,15H,3-4,10-11H2,1-2H3/p+1/t13-/m0/s1. The number of carbonyl (C=O) groups excluding carboxylic acids is 1. The molecule has 0 fully saturated rings. The Kier molecular flexibility index (Phi) is 6.33. The molecule has 1 rings (SSSR count). The number of quaternary nitrogens is 1. The lowest BCUT2D eigenvalue weighted by atomic mass is 10.1. The maximum absolute atomic E-state index is 11.6. The van der Waals surface area contributed by atoms with Crippen molar-refractivity contribution in [1.29, 1.82) is 0 Å². The first-order valence-corrected chi connectivity index (χ1v) is 6.23. The molecule has 0 aromatic heterocycles. The van der Waals surface area contributed by atoms with Crippen molar-refractivity contribution in [2.75, 3.05) is 7.11 Å². The first kappa shape index (κ1) is 13.7. The third kappa shape index (κ3) is 5.00. The zero-order chi connectivity index (χ0) is 12.5. The second-order valence-corrected chi connectivity index (χ2v) is 4.20. The second-order valence-electron chi connectivity index (χ2n) is 4.20. The van der Waals surface area contributed by atoms with Gasteiger partial charge in [-0.3, -0.25) is 0 Å². The summed E-state index contributed by atoms with van der Waals surface area (Å²) in [6.07, 6.45) is 3.05. The van der Waals surface area contributed by atoms with Crippen molar-refractivity contribution in [3.8, 4) is 0 Å². The predicted octanol–water partition coefficient (Wildman–Crippen LogP) is 1.48. The van der Waals surface area contributed by atoms with Gasteiger partial charge in [-0.15, -0.1) is 0 Å². The molecule has 1 aromatic carbocycles. The van der Waals surface area contributed by atoms with Gasteiger partial charge >= 0.3 is 5.97 Å². The second kappa shape index (κ2) is 7.85. The first-order valence-electron chi connectivity index (χ1n) is 6.23. The van der Waals surface area contributed by atoms with Crippen LogP contribution in [0.2, 0.25) is 0 Å². The van der Waals surface area contributed by atoms with E-state index in [9.17, 15) is 4.79 Å². The molecule has 0 unspecified atom stereocenters. The molecule has 0 amide bonds. The molecular formula is C14H22NO2+. The van der Waals surface area contributed by atoms with Gasteiger partial charge in [0.1, 0.15) is 6.54 Å². The van der Waals surface area contributed by atoms with Crippen LogP contribution in [0, 0.1) is 0 Å². The Morgan fingerprint density at radius 2 is 2.06 bits per heavy atom. The van der Waals surface area contributed by atoms with Gasteiger partial charge in [-0.25, -0.2) is 4.79 Å². The zero-order valence-corrected chi connectivity index (χ0v) is 10.7. The number of unbranched alkanes of at least 4 members (excludes halogenated alkanes) is 1. The third-order valence-corrected chi connectivity index (χ3v) is 2.85. The molecule has 17 heavy (non-hydrogen) atoms. The Bertz CT molecular complexity index is 324. The molecule has 0 saturated carbocycles. The van der Waals surface area contributed by atoms with Crippen molar-refractivity contribution in [3.63, 3.8) is 0 Å². The smallest absolute Gasteiger partial charge is 0.364 e. The van der Waals surface area contributed by atoms with Crippen LogP contribution >= 0.6 is 0 Å². The van der Waals surface area contributed by atoms with E-state index in [1.54, 1.807) is 0 Å². The average molecular weight is 236 g/mol. The monoisotopic (exact) mass is 236 g/mol. The van der Waals surface area contributed by atoms with Gasteiger partial charge in [-0.1, -0.05) is 43.7 Å². The van der Waals surface area contributed by atoms with Crippen LogP contribution < -0.4 is 5.32 Å². The van der Waals surface area contributed by atoms with Crippen LogP contribution in [-0.4, -0.2) is 19.1 Å². The molecule has 0 saturated heterocycles. The van der Waals surface area contributed by atoms with Crippen molar-refractivity contribution < 1.29 is 14.8 Å². The molecule has 2 N–H and O–H groups in total. The molecule has 0 radical (unpaired) electrons. The minimum Gasteiger partial charge on any atom is -0.465 e. The number of hydrogen-bond acceptors (Lipinski definition) is 2. The lowest BCUT2D eigenvalue weighted by Gasteiger charge is -2.12. The van der Waals surface area contributed by atoms with Gasteiger partial charge in [-0.2, -0.15) is 0 Å². The summed E-state index contributed by atoms with van der Waals surface area (Å²) in [6, 6.07) is 10.1. The summed E-state index contributed by atoms with van der Waals surface area (Å²) in [5.74, 6) is -0.116. The van der Waals surface area contributed by atoms with Crippen molar-refractivity contribution >= 4 is 5.97 Å². The molecule has 0 aliphatic heterocycles. The van der Waals surface area contributed by atoms with Crippen LogP contribution in [0.15, 0.2) is 30.3 Å². The number of methoxy groups -OCH3 is 1. The topological polar surface area (TPSA) is 42.9 Å². The Hall–Kier alpha value is -1.35. The Labute approximate surface area is 103 Å². The van der Waals surface area contributed by atoms with Gasteiger partial charge in [0.25, 0.3) is 0 Å². The molecule has 3 nitrogen and oxygen atoms in total. The van der Waals surface area contributed by atoms with Crippen LogP contribution in [0.3, 0.4) is 0 Å². The molecule has 1 atom stereocenters. The minimum absolute atomic E-state index is 0.0693. The maximum Gasteiger partial charge on any atom is 0.364 e. The Balaban J connectivity index is 2.46. The van der Waals surface area contributed by atoms with E-state index >= 15 is 0 Å². The van der Waals surface area contributed by atoms with E-state index in [0.717, 1.165) is 25.8 Å². The number of esters is 1. The normalized spacial score (nSPS) is 12.1. The van der Waals surface area contributed by atoms with Crippen LogP contribution in [0.4, 0.5) is 0 Å². The molecule has 0 heterocycles. The summed E-state index contributed by atoms with van der Waals surface area (Å²) in [6.45, 7) is 2.95. The van der Waals surface area contributed by atoms with Gasteiger partial charge in [-0.05, 0) is 6.42 Å². The lowest BCUT2D eigenvalue weighted by Crippen LogP contribution is -2.90. The number of rotatable bonds is 7. The van der Waals surface area contributed by atoms with Gasteiger partial charge in [0, 0.05) is 12.0 Å². The maximum atomic E-state index is 11.6. The quantitative estimate of drug-likeness (QED) is 0.729. The highest BCUT2D eigenvalue weighted by molar-refractivity contribution is 5.73. The van der Waals surface area contributed by atoms with Crippen molar-refractivity contribution in [3.05, 3.63) is 35.9 Å². The van der Waals surface area contributed by atoms with Gasteiger partial charge in [0.15, 0.2) is 6.04 Å². The van der Waals surface area contributed by atoms with Gasteiger partial charge in [0.05, 0.1) is 7.11 Å². The fraction of sp³-hybridized carbons (Fsp3) is 0.500. The minimum atomic E-state index is -0.116. The van der Waals surface area contributed by atoms with Crippen LogP contribution in [0.1, 0.15) is 31.7 Å². The summed E-state index contributed by atoms with van der Waals surface area (Å²) in [4.78, 5) is 11.6. The highest BCUT2D eigenvalue weighted by Gasteiger charge is 2.21. The molecule has 0 bridgehead atoms. The Morgan fingerprint density at radius 3 is 2.65 bits per heavy atom. The predicted molar refractivity (Wildman–Crippen MR) is 67.4 cm³/mol. The fourth-order valence-corrected chi connectivity index (χ4v) is 1.80. The van der Waals surface area contributed by atoms with E-state index in [1.165, 1.54) is 12.7 Å². The van der Waals surface area contributed by atoms with E-state index in [-0.39, 0.29) is 12.0 Å². The molecule has 3 heteroatoms. The number of carbonyl (C=O) groups is 1. The van der Waals surface area contributed by atoms with E-state index in [2.05, 4.69) is 24.4 Å². The van der Waals surface area contributed by atoms with Crippen LogP contribution in [0.25, 0.3) is 0 Å². The summed E-state index contributed by atoms with van der Waals surface area (Å²) in [7, 11) is 1.46. The van der Waals surface area contributed by atoms with Crippen molar-refractivity contribution in [2.24, 2.45) is 0 Å². The SMILES string of the molecule is CCCC[C@H]([NH2+]Cc1ccccc1)C(=O)OC. The number of benzene rings is 1. The van der Waals surface area contributed by atoms with E-state index in [4.69, 9.17) is 4.74 Å². The molecule has 1 aromatic rings. The molecule has 0 aliphatic carbocycles. The largest absolute Gasteiger partial charge is 0.465 e. The summed E-state index contributed by atoms with van der Waals surface area (Å²) in [5, 5.41) is 2.07. The first-order chi connectivity index (χ1) is 8.27. The molecule has 0 spiro atoms. The molecule has 0 aliphatic rings. The van der Waals surface area contributed by atoms with Crippen molar-refractivity contribution in [2.45, 2.75) is 38.8 Å². The Morgan fingerprint density at radius 1 is 1.35 bits per heavy atom. The van der Waals surface area contributed by atoms with Gasteiger partial charge in [0.2, 0.25) is 0 Å². The zero-order valence-electron chi connectivity index (χ0n) is 10.7. The average Bonchev–Trinajstić information content (AvgIpc) is 2.39. The van der Waals surface area contributed by atoms with Gasteiger partial charge < -0.3 is 10.1 Å². The molecular weight excluding hydrogens is 214 g/mol. The van der Waals surface area contributed by atoms with Crippen LogP contribution in [-0.2, 0) is 16.1 Å². The number of hydrogen-bond donors (Lipinski definition) is 1. The summed E-state index contributed by atoms with van der Waals surface area (Å²) >= 11 is 0. The summed E-state index contributed by atoms with van der Waals surface area (Å²) < 4.78 is 4.83. The highest BCUT2D eigenvalue weighted by atomic mass is 16.5. The number of nitrogens with two attached hydrogens (primary N) is 1.